The van der Waals surface area contributed by atoms with Gasteiger partial charge in [0.2, 0.25) is 0 Å². The van der Waals surface area contributed by atoms with Crippen molar-refractivity contribution in [3.63, 3.8) is 0 Å². The molecule has 0 unspecified atom stereocenters. The van der Waals surface area contributed by atoms with Crippen molar-refractivity contribution in [2.24, 2.45) is 0 Å². The average molecular weight is 374 g/mol. The van der Waals surface area contributed by atoms with Gasteiger partial charge in [0.05, 0.1) is 5.69 Å². The molecule has 0 fully saturated rings. The monoisotopic (exact) mass is 373 g/mol. The molecule has 0 saturated carbocycles. The highest BCUT2D eigenvalue weighted by Gasteiger charge is 2.19. The number of aryl methyl sites for hydroxylation is 3. The zero-order chi connectivity index (χ0) is 18.0. The Hall–Kier alpha value is -2.04. The molecular weight excluding hydrogens is 354 g/mol. The van der Waals surface area contributed by atoms with Gasteiger partial charge >= 0.3 is 5.97 Å². The Morgan fingerprint density at radius 1 is 1.28 bits per heavy atom. The van der Waals surface area contributed by atoms with E-state index in [0.29, 0.717) is 10.8 Å². The number of benzene rings is 1. The second-order valence-electron chi connectivity index (χ2n) is 6.03. The van der Waals surface area contributed by atoms with Crippen LogP contribution in [0.25, 0.3) is 21.5 Å². The summed E-state index contributed by atoms with van der Waals surface area (Å²) in [6, 6.07) is 8.39. The van der Waals surface area contributed by atoms with Crippen molar-refractivity contribution in [2.45, 2.75) is 20.3 Å². The summed E-state index contributed by atoms with van der Waals surface area (Å²) in [5.74, 6) is 0.205. The number of carbonyl (C=O) groups is 1. The maximum absolute atomic E-state index is 12.1. The van der Waals surface area contributed by atoms with Crippen molar-refractivity contribution >= 4 is 39.1 Å². The Morgan fingerprint density at radius 3 is 2.64 bits per heavy atom. The van der Waals surface area contributed by atoms with Crippen LogP contribution >= 0.6 is 22.9 Å². The molecule has 3 nitrogen and oxygen atoms in total. The highest BCUT2D eigenvalue weighted by atomic mass is 35.5. The lowest BCUT2D eigenvalue weighted by atomic mass is 10.0. The van der Waals surface area contributed by atoms with Crippen LogP contribution in [0.3, 0.4) is 0 Å². The van der Waals surface area contributed by atoms with E-state index in [2.05, 4.69) is 43.6 Å². The molecule has 0 aliphatic heterocycles. The molecule has 5 heteroatoms. The van der Waals surface area contributed by atoms with E-state index in [1.165, 1.54) is 22.5 Å². The van der Waals surface area contributed by atoms with E-state index < -0.39 is 0 Å². The molecule has 0 amide bonds. The van der Waals surface area contributed by atoms with Crippen molar-refractivity contribution in [2.75, 3.05) is 12.5 Å². The summed E-state index contributed by atoms with van der Waals surface area (Å²) in [5, 5.41) is 1.05. The number of rotatable bonds is 6. The Bertz CT molecular complexity index is 918. The summed E-state index contributed by atoms with van der Waals surface area (Å²) in [6.07, 6.45) is 2.30. The van der Waals surface area contributed by atoms with E-state index in [4.69, 9.17) is 16.3 Å². The van der Waals surface area contributed by atoms with Gasteiger partial charge in [0.15, 0.2) is 0 Å². The summed E-state index contributed by atoms with van der Waals surface area (Å²) in [4.78, 5) is 17.1. The summed E-state index contributed by atoms with van der Waals surface area (Å²) in [7, 11) is 0. The van der Waals surface area contributed by atoms with Crippen LogP contribution < -0.4 is 0 Å². The third-order valence-electron chi connectivity index (χ3n) is 3.99. The van der Waals surface area contributed by atoms with E-state index in [1.807, 2.05) is 6.07 Å². The van der Waals surface area contributed by atoms with Crippen LogP contribution in [-0.4, -0.2) is 23.4 Å². The maximum Gasteiger partial charge on any atom is 0.348 e. The highest BCUT2D eigenvalue weighted by Crippen LogP contribution is 2.36. The molecule has 2 heterocycles. The number of carbonyl (C=O) groups excluding carboxylic acids is 1. The van der Waals surface area contributed by atoms with Crippen molar-refractivity contribution in [1.29, 1.82) is 0 Å². The Balaban J connectivity index is 2.08. The predicted octanol–water partition coefficient (Wildman–Crippen LogP) is 5.64. The number of H-pyrrole nitrogens is 1. The molecule has 0 saturated heterocycles. The maximum atomic E-state index is 12.1. The van der Waals surface area contributed by atoms with Crippen LogP contribution in [0.15, 0.2) is 36.9 Å². The second-order valence-corrected chi connectivity index (χ2v) is 7.46. The summed E-state index contributed by atoms with van der Waals surface area (Å²) in [6.45, 7) is 7.97. The van der Waals surface area contributed by atoms with Gasteiger partial charge in [-0.1, -0.05) is 29.8 Å². The van der Waals surface area contributed by atoms with Crippen molar-refractivity contribution in [3.05, 3.63) is 58.5 Å². The van der Waals surface area contributed by atoms with Crippen LogP contribution in [0.2, 0.25) is 0 Å². The number of esters is 1. The number of halogens is 1. The van der Waals surface area contributed by atoms with Crippen molar-refractivity contribution in [3.8, 4) is 11.3 Å². The second kappa shape index (κ2) is 7.46. The van der Waals surface area contributed by atoms with E-state index >= 15 is 0 Å². The SMILES string of the molecule is C=CCOC(=O)c1cc2c(CCCl)c(-c3cc(C)cc(C)c3)[nH]c2s1. The van der Waals surface area contributed by atoms with Gasteiger partial charge in [-0.15, -0.1) is 22.9 Å². The van der Waals surface area contributed by atoms with Gasteiger partial charge in [0.25, 0.3) is 0 Å². The van der Waals surface area contributed by atoms with Crippen LogP contribution in [0.4, 0.5) is 0 Å². The standard InChI is InChI=1S/C20H20ClNO2S/c1-4-7-24-20(23)17-11-16-15(5-6-21)18(22-19(16)25-17)14-9-12(2)8-13(3)10-14/h4,8-11,22H,1,5-7H2,2-3H3. The van der Waals surface area contributed by atoms with E-state index in [-0.39, 0.29) is 12.6 Å². The number of ether oxygens (including phenoxy) is 1. The minimum absolute atomic E-state index is 0.215. The lowest BCUT2D eigenvalue weighted by molar-refractivity contribution is 0.0555. The highest BCUT2D eigenvalue weighted by molar-refractivity contribution is 7.20. The number of hydrogen-bond acceptors (Lipinski definition) is 3. The summed E-state index contributed by atoms with van der Waals surface area (Å²) >= 11 is 7.45. The number of hydrogen-bond donors (Lipinski definition) is 1. The molecule has 25 heavy (non-hydrogen) atoms. The lowest BCUT2D eigenvalue weighted by Gasteiger charge is -2.07. The zero-order valence-corrected chi connectivity index (χ0v) is 15.9. The van der Waals surface area contributed by atoms with E-state index in [1.54, 1.807) is 6.08 Å². The molecule has 0 radical (unpaired) electrons. The third-order valence-corrected chi connectivity index (χ3v) is 5.21. The molecule has 1 N–H and O–H groups in total. The van der Waals surface area contributed by atoms with Gasteiger partial charge in [-0.05, 0) is 49.6 Å². The summed E-state index contributed by atoms with van der Waals surface area (Å²) < 4.78 is 5.14. The van der Waals surface area contributed by atoms with Gasteiger partial charge in [0.1, 0.15) is 16.3 Å². The smallest absolute Gasteiger partial charge is 0.348 e. The first-order valence-electron chi connectivity index (χ1n) is 8.10. The molecule has 0 atom stereocenters. The average Bonchev–Trinajstić information content (AvgIpc) is 3.11. The molecule has 0 spiro atoms. The molecule has 0 aliphatic carbocycles. The van der Waals surface area contributed by atoms with Crippen molar-refractivity contribution in [1.82, 2.24) is 4.98 Å². The van der Waals surface area contributed by atoms with E-state index in [9.17, 15) is 4.79 Å². The van der Waals surface area contributed by atoms with Crippen LogP contribution in [0.1, 0.15) is 26.4 Å². The topological polar surface area (TPSA) is 42.1 Å². The van der Waals surface area contributed by atoms with Gasteiger partial charge < -0.3 is 9.72 Å². The minimum atomic E-state index is -0.320. The largest absolute Gasteiger partial charge is 0.457 e. The number of nitrogens with one attached hydrogen (secondary N) is 1. The van der Waals surface area contributed by atoms with Crippen molar-refractivity contribution < 1.29 is 9.53 Å². The predicted molar refractivity (Wildman–Crippen MR) is 106 cm³/mol. The van der Waals surface area contributed by atoms with Gasteiger partial charge in [0, 0.05) is 11.3 Å². The minimum Gasteiger partial charge on any atom is -0.457 e. The molecule has 1 aromatic carbocycles. The first-order valence-corrected chi connectivity index (χ1v) is 9.45. The normalized spacial score (nSPS) is 11.0. The Morgan fingerprint density at radius 2 is 2.00 bits per heavy atom. The molecule has 3 aromatic rings. The molecule has 0 bridgehead atoms. The third kappa shape index (κ3) is 3.65. The van der Waals surface area contributed by atoms with Crippen LogP contribution in [0.5, 0.6) is 0 Å². The number of thiophene rings is 1. The Labute approximate surface area is 156 Å². The lowest BCUT2D eigenvalue weighted by Crippen LogP contribution is -2.02. The molecule has 2 aromatic heterocycles. The molecule has 130 valence electrons. The van der Waals surface area contributed by atoms with Gasteiger partial charge in [-0.25, -0.2) is 4.79 Å². The molecule has 3 rings (SSSR count). The molecule has 0 aliphatic rings. The van der Waals surface area contributed by atoms with Gasteiger partial charge in [-0.3, -0.25) is 0 Å². The quantitative estimate of drug-likeness (QED) is 0.345. The van der Waals surface area contributed by atoms with Gasteiger partial charge in [-0.2, -0.15) is 0 Å². The fourth-order valence-electron chi connectivity index (χ4n) is 3.06. The van der Waals surface area contributed by atoms with Crippen LogP contribution in [0, 0.1) is 13.8 Å². The van der Waals surface area contributed by atoms with Crippen LogP contribution in [-0.2, 0) is 11.2 Å². The number of alkyl halides is 1. The first-order chi connectivity index (χ1) is 12.0. The zero-order valence-electron chi connectivity index (χ0n) is 14.3. The molecular formula is C20H20ClNO2S. The number of fused-ring (bicyclic) bond motifs is 1. The first kappa shape index (κ1) is 17.8. The fraction of sp³-hybridized carbons (Fsp3) is 0.250. The number of aromatic amines is 1. The van der Waals surface area contributed by atoms with E-state index in [0.717, 1.165) is 33.5 Å². The summed E-state index contributed by atoms with van der Waals surface area (Å²) in [5.41, 5.74) is 5.82. The Kier molecular flexibility index (Phi) is 5.30. The number of aromatic nitrogens is 1. The fourth-order valence-corrected chi connectivity index (χ4v) is 4.23.